The van der Waals surface area contributed by atoms with Crippen molar-refractivity contribution in [3.63, 3.8) is 0 Å². The van der Waals surface area contributed by atoms with Crippen LogP contribution in [0, 0.1) is 0 Å². The molecule has 94 valence electrons. The molecule has 0 saturated carbocycles. The summed E-state index contributed by atoms with van der Waals surface area (Å²) in [5.74, 6) is -0.881. The molecule has 0 saturated heterocycles. The number of esters is 1. The van der Waals surface area contributed by atoms with Crippen LogP contribution in [0.25, 0.3) is 10.9 Å². The number of nitrogens with zero attached hydrogens (tertiary/aromatic N) is 1. The van der Waals surface area contributed by atoms with Crippen molar-refractivity contribution in [2.45, 2.75) is 13.0 Å². The minimum Gasteiger partial charge on any atom is -0.467 e. The highest BCUT2D eigenvalue weighted by molar-refractivity contribution is 6.06. The van der Waals surface area contributed by atoms with Gasteiger partial charge in [0.25, 0.3) is 5.91 Å². The number of fused-ring (bicyclic) bond motifs is 1. The SMILES string of the molecule is COC(=O)C(C)n1cc(C(N)=O)c2ccccc21. The minimum atomic E-state index is -0.512. The zero-order valence-corrected chi connectivity index (χ0v) is 10.2. The molecule has 1 atom stereocenters. The Morgan fingerprint density at radius 3 is 2.61 bits per heavy atom. The monoisotopic (exact) mass is 246 g/mol. The van der Waals surface area contributed by atoms with Crippen molar-refractivity contribution >= 4 is 22.8 Å². The Bertz CT molecular complexity index is 616. The van der Waals surface area contributed by atoms with Gasteiger partial charge < -0.3 is 15.0 Å². The van der Waals surface area contributed by atoms with Crippen LogP contribution in [0.5, 0.6) is 0 Å². The van der Waals surface area contributed by atoms with Gasteiger partial charge in [-0.15, -0.1) is 0 Å². The van der Waals surface area contributed by atoms with Crippen LogP contribution >= 0.6 is 0 Å². The van der Waals surface area contributed by atoms with Gasteiger partial charge in [-0.25, -0.2) is 4.79 Å². The number of hydrogen-bond acceptors (Lipinski definition) is 3. The van der Waals surface area contributed by atoms with Crippen molar-refractivity contribution in [3.05, 3.63) is 36.0 Å². The first-order chi connectivity index (χ1) is 8.56. The summed E-state index contributed by atoms with van der Waals surface area (Å²) in [6.45, 7) is 1.71. The van der Waals surface area contributed by atoms with Crippen LogP contribution in [0.2, 0.25) is 0 Å². The topological polar surface area (TPSA) is 74.3 Å². The van der Waals surface area contributed by atoms with E-state index in [0.717, 1.165) is 10.9 Å². The molecule has 0 spiro atoms. The standard InChI is InChI=1S/C13H14N2O3/c1-8(13(17)18-2)15-7-10(12(14)16)9-5-3-4-6-11(9)15/h3-8H,1-2H3,(H2,14,16). The van der Waals surface area contributed by atoms with E-state index in [0.29, 0.717) is 5.56 Å². The molecule has 1 heterocycles. The van der Waals surface area contributed by atoms with Gasteiger partial charge in [-0.2, -0.15) is 0 Å². The van der Waals surface area contributed by atoms with E-state index < -0.39 is 11.9 Å². The average molecular weight is 246 g/mol. The van der Waals surface area contributed by atoms with Gasteiger partial charge in [0.15, 0.2) is 0 Å². The summed E-state index contributed by atoms with van der Waals surface area (Å²) in [6, 6.07) is 6.79. The molecule has 1 amide bonds. The number of nitrogens with two attached hydrogens (primary N) is 1. The first-order valence-electron chi connectivity index (χ1n) is 5.53. The summed E-state index contributed by atoms with van der Waals surface area (Å²) in [7, 11) is 1.33. The largest absolute Gasteiger partial charge is 0.467 e. The van der Waals surface area contributed by atoms with Crippen molar-refractivity contribution in [1.82, 2.24) is 4.57 Å². The van der Waals surface area contributed by atoms with Crippen molar-refractivity contribution in [2.75, 3.05) is 7.11 Å². The maximum Gasteiger partial charge on any atom is 0.328 e. The Balaban J connectivity index is 2.65. The summed E-state index contributed by atoms with van der Waals surface area (Å²) in [6.07, 6.45) is 1.59. The molecule has 0 fully saturated rings. The molecule has 2 N–H and O–H groups in total. The highest BCUT2D eigenvalue weighted by atomic mass is 16.5. The number of aromatic nitrogens is 1. The Kier molecular flexibility index (Phi) is 3.06. The molecular formula is C13H14N2O3. The van der Waals surface area contributed by atoms with Crippen LogP contribution in [0.15, 0.2) is 30.5 Å². The van der Waals surface area contributed by atoms with Crippen molar-refractivity contribution in [3.8, 4) is 0 Å². The Hall–Kier alpha value is -2.30. The summed E-state index contributed by atoms with van der Waals surface area (Å²) >= 11 is 0. The van der Waals surface area contributed by atoms with E-state index in [2.05, 4.69) is 0 Å². The molecule has 1 unspecified atom stereocenters. The van der Waals surface area contributed by atoms with E-state index >= 15 is 0 Å². The van der Waals surface area contributed by atoms with Gasteiger partial charge >= 0.3 is 5.97 Å². The van der Waals surface area contributed by atoms with Crippen LogP contribution in [0.4, 0.5) is 0 Å². The zero-order valence-electron chi connectivity index (χ0n) is 10.2. The third-order valence-corrected chi connectivity index (χ3v) is 2.97. The second kappa shape index (κ2) is 4.52. The molecule has 0 aliphatic carbocycles. The lowest BCUT2D eigenvalue weighted by Gasteiger charge is -2.12. The summed E-state index contributed by atoms with van der Waals surface area (Å²) < 4.78 is 6.40. The lowest BCUT2D eigenvalue weighted by Crippen LogP contribution is -2.17. The van der Waals surface area contributed by atoms with Crippen molar-refractivity contribution in [2.24, 2.45) is 5.73 Å². The number of methoxy groups -OCH3 is 1. The number of ether oxygens (including phenoxy) is 1. The molecule has 5 heteroatoms. The zero-order chi connectivity index (χ0) is 13.3. The van der Waals surface area contributed by atoms with E-state index in [-0.39, 0.29) is 5.97 Å². The van der Waals surface area contributed by atoms with E-state index in [4.69, 9.17) is 10.5 Å². The fourth-order valence-electron chi connectivity index (χ4n) is 2.01. The van der Waals surface area contributed by atoms with Crippen LogP contribution in [-0.4, -0.2) is 23.6 Å². The summed E-state index contributed by atoms with van der Waals surface area (Å²) in [4.78, 5) is 23.0. The van der Waals surface area contributed by atoms with Gasteiger partial charge in [-0.1, -0.05) is 18.2 Å². The number of rotatable bonds is 3. The summed E-state index contributed by atoms with van der Waals surface area (Å²) in [5, 5.41) is 0.737. The predicted molar refractivity (Wildman–Crippen MR) is 67.2 cm³/mol. The number of para-hydroxylation sites is 1. The quantitative estimate of drug-likeness (QED) is 0.833. The molecule has 0 aliphatic rings. The molecule has 18 heavy (non-hydrogen) atoms. The molecule has 0 bridgehead atoms. The van der Waals surface area contributed by atoms with Gasteiger partial charge in [-0.05, 0) is 13.0 Å². The molecule has 1 aromatic carbocycles. The number of carbonyl (C=O) groups excluding carboxylic acids is 2. The normalized spacial score (nSPS) is 12.3. The number of carbonyl (C=O) groups is 2. The fraction of sp³-hybridized carbons (Fsp3) is 0.231. The Morgan fingerprint density at radius 2 is 2.00 bits per heavy atom. The van der Waals surface area contributed by atoms with Gasteiger partial charge in [0.1, 0.15) is 6.04 Å². The van der Waals surface area contributed by atoms with Crippen LogP contribution in [0.1, 0.15) is 23.3 Å². The Labute approximate surface area is 104 Å². The molecule has 2 rings (SSSR count). The molecule has 5 nitrogen and oxygen atoms in total. The number of hydrogen-bond donors (Lipinski definition) is 1. The second-order valence-electron chi connectivity index (χ2n) is 4.03. The molecule has 0 aliphatic heterocycles. The number of amides is 1. The first-order valence-corrected chi connectivity index (χ1v) is 5.53. The fourth-order valence-corrected chi connectivity index (χ4v) is 2.01. The van der Waals surface area contributed by atoms with Gasteiger partial charge in [0.2, 0.25) is 0 Å². The predicted octanol–water partition coefficient (Wildman–Crippen LogP) is 1.47. The van der Waals surface area contributed by atoms with E-state index in [1.165, 1.54) is 7.11 Å². The van der Waals surface area contributed by atoms with Crippen LogP contribution < -0.4 is 5.73 Å². The average Bonchev–Trinajstić information content (AvgIpc) is 2.76. The minimum absolute atomic E-state index is 0.369. The van der Waals surface area contributed by atoms with Crippen molar-refractivity contribution < 1.29 is 14.3 Å². The van der Waals surface area contributed by atoms with Crippen LogP contribution in [0.3, 0.4) is 0 Å². The second-order valence-corrected chi connectivity index (χ2v) is 4.03. The highest BCUT2D eigenvalue weighted by Gasteiger charge is 2.20. The van der Waals surface area contributed by atoms with Gasteiger partial charge in [0.05, 0.1) is 12.7 Å². The Morgan fingerprint density at radius 1 is 1.33 bits per heavy atom. The van der Waals surface area contributed by atoms with E-state index in [1.54, 1.807) is 23.8 Å². The number of primary amides is 1. The van der Waals surface area contributed by atoms with Crippen LogP contribution in [-0.2, 0) is 9.53 Å². The van der Waals surface area contributed by atoms with E-state index in [1.807, 2.05) is 18.2 Å². The first kappa shape index (κ1) is 12.2. The molecule has 1 aromatic heterocycles. The third-order valence-electron chi connectivity index (χ3n) is 2.97. The lowest BCUT2D eigenvalue weighted by molar-refractivity contribution is -0.143. The summed E-state index contributed by atoms with van der Waals surface area (Å²) in [5.41, 5.74) is 6.52. The maximum absolute atomic E-state index is 11.6. The molecular weight excluding hydrogens is 232 g/mol. The van der Waals surface area contributed by atoms with Gasteiger partial charge in [0, 0.05) is 17.1 Å². The lowest BCUT2D eigenvalue weighted by atomic mass is 10.2. The molecule has 0 radical (unpaired) electrons. The third kappa shape index (κ3) is 1.84. The number of benzene rings is 1. The van der Waals surface area contributed by atoms with E-state index in [9.17, 15) is 9.59 Å². The van der Waals surface area contributed by atoms with Crippen molar-refractivity contribution in [1.29, 1.82) is 0 Å². The highest BCUT2D eigenvalue weighted by Crippen LogP contribution is 2.24. The van der Waals surface area contributed by atoms with Gasteiger partial charge in [-0.3, -0.25) is 4.79 Å². The maximum atomic E-state index is 11.6. The molecule has 2 aromatic rings. The smallest absolute Gasteiger partial charge is 0.328 e.